The van der Waals surface area contributed by atoms with Gasteiger partial charge >= 0.3 is 0 Å². The summed E-state index contributed by atoms with van der Waals surface area (Å²) >= 11 is 8.96. The molecule has 0 spiro atoms. The maximum atomic E-state index is 11.2. The zero-order valence-electron chi connectivity index (χ0n) is 8.55. The van der Waals surface area contributed by atoms with Gasteiger partial charge in [-0.1, -0.05) is 27.5 Å². The van der Waals surface area contributed by atoms with E-state index in [0.717, 1.165) is 11.4 Å². The Morgan fingerprint density at radius 2 is 2.20 bits per heavy atom. The SMILES string of the molecule is CN(C)c1ccc(Cl)cc1NC(=O)CBr. The number of anilines is 2. The molecular weight excluding hydrogens is 279 g/mol. The summed E-state index contributed by atoms with van der Waals surface area (Å²) in [7, 11) is 3.82. The van der Waals surface area contributed by atoms with Crippen LogP contribution in [0.25, 0.3) is 0 Å². The Kier molecular flexibility index (Phi) is 4.42. The third kappa shape index (κ3) is 3.39. The molecule has 0 aliphatic heterocycles. The van der Waals surface area contributed by atoms with E-state index in [9.17, 15) is 4.79 Å². The quantitative estimate of drug-likeness (QED) is 0.869. The molecule has 1 aromatic carbocycles. The Labute approximate surface area is 103 Å². The van der Waals surface area contributed by atoms with Crippen molar-refractivity contribution in [2.24, 2.45) is 0 Å². The first kappa shape index (κ1) is 12.3. The number of benzene rings is 1. The lowest BCUT2D eigenvalue weighted by Crippen LogP contribution is -2.17. The van der Waals surface area contributed by atoms with E-state index in [1.54, 1.807) is 12.1 Å². The predicted octanol–water partition coefficient (Wildman–Crippen LogP) is 2.74. The second kappa shape index (κ2) is 5.37. The van der Waals surface area contributed by atoms with Crippen LogP contribution in [-0.2, 0) is 4.79 Å². The zero-order valence-corrected chi connectivity index (χ0v) is 10.9. The van der Waals surface area contributed by atoms with Crippen molar-refractivity contribution < 1.29 is 4.79 Å². The van der Waals surface area contributed by atoms with Crippen LogP contribution in [0.2, 0.25) is 5.02 Å². The molecule has 0 aliphatic rings. The van der Waals surface area contributed by atoms with E-state index < -0.39 is 0 Å². The molecule has 0 radical (unpaired) electrons. The van der Waals surface area contributed by atoms with Crippen LogP contribution in [0.4, 0.5) is 11.4 Å². The van der Waals surface area contributed by atoms with Gasteiger partial charge in [-0.2, -0.15) is 0 Å². The fraction of sp³-hybridized carbons (Fsp3) is 0.300. The number of alkyl halides is 1. The van der Waals surface area contributed by atoms with Crippen LogP contribution in [0.1, 0.15) is 0 Å². The average Bonchev–Trinajstić information content (AvgIpc) is 2.17. The van der Waals surface area contributed by atoms with Crippen molar-refractivity contribution in [2.45, 2.75) is 0 Å². The number of hydrogen-bond donors (Lipinski definition) is 1. The number of hydrogen-bond acceptors (Lipinski definition) is 2. The number of carbonyl (C=O) groups excluding carboxylic acids is 1. The van der Waals surface area contributed by atoms with Crippen molar-refractivity contribution in [3.05, 3.63) is 23.2 Å². The Balaban J connectivity index is 3.02. The Bertz CT molecular complexity index is 368. The molecular formula is C10H12BrClN2O. The molecule has 1 amide bonds. The fourth-order valence-electron chi connectivity index (χ4n) is 1.18. The minimum atomic E-state index is -0.0969. The number of carbonyl (C=O) groups is 1. The number of nitrogens with zero attached hydrogens (tertiary/aromatic N) is 1. The molecule has 0 aromatic heterocycles. The van der Waals surface area contributed by atoms with Crippen LogP contribution in [0.5, 0.6) is 0 Å². The second-order valence-electron chi connectivity index (χ2n) is 3.24. The van der Waals surface area contributed by atoms with Gasteiger partial charge < -0.3 is 10.2 Å². The van der Waals surface area contributed by atoms with Gasteiger partial charge in [0.15, 0.2) is 0 Å². The van der Waals surface area contributed by atoms with E-state index in [-0.39, 0.29) is 11.2 Å². The molecule has 0 saturated carbocycles. The van der Waals surface area contributed by atoms with Crippen LogP contribution in [-0.4, -0.2) is 25.3 Å². The molecule has 0 aliphatic carbocycles. The number of halogens is 2. The number of amides is 1. The highest BCUT2D eigenvalue weighted by Crippen LogP contribution is 2.27. The minimum absolute atomic E-state index is 0.0969. The maximum absolute atomic E-state index is 11.2. The number of nitrogens with one attached hydrogen (secondary N) is 1. The first-order valence-corrected chi connectivity index (χ1v) is 5.87. The topological polar surface area (TPSA) is 32.3 Å². The molecule has 3 nitrogen and oxygen atoms in total. The highest BCUT2D eigenvalue weighted by molar-refractivity contribution is 9.09. The molecule has 0 heterocycles. The van der Waals surface area contributed by atoms with Gasteiger partial charge in [0.1, 0.15) is 0 Å². The molecule has 15 heavy (non-hydrogen) atoms. The lowest BCUT2D eigenvalue weighted by atomic mass is 10.2. The standard InChI is InChI=1S/C10H12BrClN2O/c1-14(2)9-4-3-7(12)5-8(9)13-10(15)6-11/h3-5H,6H2,1-2H3,(H,13,15). The lowest BCUT2D eigenvalue weighted by Gasteiger charge is -2.17. The molecule has 0 saturated heterocycles. The van der Waals surface area contributed by atoms with Gasteiger partial charge in [0.2, 0.25) is 5.91 Å². The molecule has 0 bridgehead atoms. The van der Waals surface area contributed by atoms with Crippen molar-refractivity contribution in [3.63, 3.8) is 0 Å². The fourth-order valence-corrected chi connectivity index (χ4v) is 1.49. The third-order valence-corrected chi connectivity index (χ3v) is 2.58. The summed E-state index contributed by atoms with van der Waals surface area (Å²) < 4.78 is 0. The van der Waals surface area contributed by atoms with Crippen LogP contribution < -0.4 is 10.2 Å². The van der Waals surface area contributed by atoms with Crippen LogP contribution >= 0.6 is 27.5 Å². The maximum Gasteiger partial charge on any atom is 0.235 e. The molecule has 1 rings (SSSR count). The van der Waals surface area contributed by atoms with Crippen molar-refractivity contribution in [3.8, 4) is 0 Å². The first-order chi connectivity index (χ1) is 7.04. The zero-order chi connectivity index (χ0) is 11.4. The Morgan fingerprint density at radius 1 is 1.53 bits per heavy atom. The van der Waals surface area contributed by atoms with Crippen molar-refractivity contribution in [2.75, 3.05) is 29.6 Å². The summed E-state index contributed by atoms with van der Waals surface area (Å²) in [6, 6.07) is 5.39. The van der Waals surface area contributed by atoms with E-state index in [2.05, 4.69) is 21.2 Å². The molecule has 1 aromatic rings. The van der Waals surface area contributed by atoms with E-state index in [4.69, 9.17) is 11.6 Å². The van der Waals surface area contributed by atoms with Gasteiger partial charge in [0.05, 0.1) is 16.7 Å². The summed E-state index contributed by atoms with van der Waals surface area (Å²) in [6.45, 7) is 0. The van der Waals surface area contributed by atoms with E-state index >= 15 is 0 Å². The summed E-state index contributed by atoms with van der Waals surface area (Å²) in [4.78, 5) is 13.2. The molecule has 0 unspecified atom stereocenters. The molecule has 1 N–H and O–H groups in total. The van der Waals surface area contributed by atoms with Gasteiger partial charge in [-0.25, -0.2) is 0 Å². The second-order valence-corrected chi connectivity index (χ2v) is 4.23. The monoisotopic (exact) mass is 290 g/mol. The summed E-state index contributed by atoms with van der Waals surface area (Å²) in [5.74, 6) is -0.0969. The third-order valence-electron chi connectivity index (χ3n) is 1.84. The van der Waals surface area contributed by atoms with Gasteiger partial charge in [-0.05, 0) is 18.2 Å². The Hall–Kier alpha value is -0.740. The highest BCUT2D eigenvalue weighted by Gasteiger charge is 2.07. The predicted molar refractivity (Wildman–Crippen MR) is 68.2 cm³/mol. The van der Waals surface area contributed by atoms with Crippen LogP contribution in [0, 0.1) is 0 Å². The van der Waals surface area contributed by atoms with Crippen molar-refractivity contribution in [1.82, 2.24) is 0 Å². The Morgan fingerprint density at radius 3 is 2.73 bits per heavy atom. The molecule has 5 heteroatoms. The van der Waals surface area contributed by atoms with Gasteiger partial charge in [0.25, 0.3) is 0 Å². The number of rotatable bonds is 3. The van der Waals surface area contributed by atoms with Gasteiger partial charge in [-0.3, -0.25) is 4.79 Å². The van der Waals surface area contributed by atoms with Crippen molar-refractivity contribution >= 4 is 44.8 Å². The normalized spacial score (nSPS) is 9.87. The minimum Gasteiger partial charge on any atom is -0.376 e. The molecule has 0 atom stereocenters. The van der Waals surface area contributed by atoms with Crippen LogP contribution in [0.3, 0.4) is 0 Å². The van der Waals surface area contributed by atoms with Crippen molar-refractivity contribution in [1.29, 1.82) is 0 Å². The smallest absolute Gasteiger partial charge is 0.235 e. The van der Waals surface area contributed by atoms with Gasteiger partial charge in [-0.15, -0.1) is 0 Å². The summed E-state index contributed by atoms with van der Waals surface area (Å²) in [5.41, 5.74) is 1.64. The average molecular weight is 292 g/mol. The van der Waals surface area contributed by atoms with E-state index in [0.29, 0.717) is 5.02 Å². The molecule has 0 fully saturated rings. The summed E-state index contributed by atoms with van der Waals surface area (Å²) in [6.07, 6.45) is 0. The van der Waals surface area contributed by atoms with Gasteiger partial charge in [0, 0.05) is 19.1 Å². The molecule has 82 valence electrons. The van der Waals surface area contributed by atoms with Crippen LogP contribution in [0.15, 0.2) is 18.2 Å². The van der Waals surface area contributed by atoms with E-state index in [1.807, 2.05) is 25.1 Å². The summed E-state index contributed by atoms with van der Waals surface area (Å²) in [5, 5.41) is 3.64. The largest absolute Gasteiger partial charge is 0.376 e. The first-order valence-electron chi connectivity index (χ1n) is 4.37. The lowest BCUT2D eigenvalue weighted by molar-refractivity contribution is -0.113. The highest BCUT2D eigenvalue weighted by atomic mass is 79.9. The van der Waals surface area contributed by atoms with E-state index in [1.165, 1.54) is 0 Å².